The fraction of sp³-hybridized carbons (Fsp3) is 0.0556. The third kappa shape index (κ3) is 9.63. The Morgan fingerprint density at radius 3 is 0.725 bits per heavy atom. The van der Waals surface area contributed by atoms with Gasteiger partial charge in [0, 0.05) is 9.52 Å². The minimum absolute atomic E-state index is 0. The van der Waals surface area contributed by atoms with Crippen LogP contribution in [0.2, 0.25) is 13.1 Å². The van der Waals surface area contributed by atoms with Gasteiger partial charge >= 0.3 is 21.7 Å². The van der Waals surface area contributed by atoms with E-state index in [0.29, 0.717) is 0 Å². The van der Waals surface area contributed by atoms with Gasteiger partial charge in [-0.2, -0.15) is 58.7 Å². The molecule has 0 bridgehead atoms. The van der Waals surface area contributed by atoms with Crippen LogP contribution in [-0.4, -0.2) is 9.52 Å². The molecular formula is C36H33Cl2SiTi. The third-order valence-electron chi connectivity index (χ3n) is 5.97. The first-order chi connectivity index (χ1) is 18.3. The average molecular weight is 613 g/mol. The van der Waals surface area contributed by atoms with Crippen LogP contribution >= 0.6 is 0 Å². The molecule has 0 N–H and O–H groups in total. The zero-order chi connectivity index (χ0) is 25.7. The number of rotatable bonds is 4. The summed E-state index contributed by atoms with van der Waals surface area (Å²) in [5, 5.41) is 0. The predicted molar refractivity (Wildman–Crippen MR) is 165 cm³/mol. The summed E-state index contributed by atoms with van der Waals surface area (Å²) < 4.78 is 0. The van der Waals surface area contributed by atoms with Gasteiger partial charge in [0.2, 0.25) is 0 Å². The molecule has 6 aromatic carbocycles. The van der Waals surface area contributed by atoms with Crippen molar-refractivity contribution in [3.05, 3.63) is 158 Å². The fourth-order valence-electron chi connectivity index (χ4n) is 4.32. The molecule has 0 aliphatic rings. The van der Waals surface area contributed by atoms with E-state index in [2.05, 4.69) is 171 Å². The Bertz CT molecular complexity index is 1220. The molecule has 0 nitrogen and oxygen atoms in total. The molecule has 6 rings (SSSR count). The molecule has 1 radical (unpaired) electrons. The standard InChI is InChI=1S/2C17H13.C2H7Si.2ClH.Ti/c2*1-3-8-14(9-4-1)16-12-7-13-17(16)15-10-5-2-6-11-15;1-3-2;;;/h2*1-13H;3H,1-2H3;2*1H;/q2*-1;;;;+4/p-2. The van der Waals surface area contributed by atoms with Crippen molar-refractivity contribution >= 4 is 9.52 Å². The van der Waals surface area contributed by atoms with Gasteiger partial charge in [-0.05, 0) is 0 Å². The van der Waals surface area contributed by atoms with E-state index in [1.165, 1.54) is 44.5 Å². The normalized spacial score (nSPS) is 9.25. The van der Waals surface area contributed by atoms with Crippen molar-refractivity contribution in [2.24, 2.45) is 0 Å². The summed E-state index contributed by atoms with van der Waals surface area (Å²) in [5.74, 6) is 0. The van der Waals surface area contributed by atoms with Gasteiger partial charge in [0.15, 0.2) is 0 Å². The Morgan fingerprint density at radius 1 is 0.375 bits per heavy atom. The summed E-state index contributed by atoms with van der Waals surface area (Å²) >= 11 is 0. The Labute approximate surface area is 269 Å². The van der Waals surface area contributed by atoms with E-state index < -0.39 is 0 Å². The van der Waals surface area contributed by atoms with Gasteiger partial charge < -0.3 is 24.8 Å². The van der Waals surface area contributed by atoms with Crippen molar-refractivity contribution in [3.63, 3.8) is 0 Å². The Morgan fingerprint density at radius 2 is 0.550 bits per heavy atom. The van der Waals surface area contributed by atoms with Crippen molar-refractivity contribution in [2.75, 3.05) is 0 Å². The monoisotopic (exact) mass is 611 g/mol. The Kier molecular flexibility index (Phi) is 16.9. The summed E-state index contributed by atoms with van der Waals surface area (Å²) in [6.07, 6.45) is 0. The number of halogens is 2. The molecule has 0 heterocycles. The molecule has 0 amide bonds. The van der Waals surface area contributed by atoms with Gasteiger partial charge in [0.1, 0.15) is 0 Å². The average Bonchev–Trinajstić information content (AvgIpc) is 3.67. The molecule has 0 saturated carbocycles. The minimum atomic E-state index is 0. The van der Waals surface area contributed by atoms with Crippen LogP contribution < -0.4 is 24.8 Å². The van der Waals surface area contributed by atoms with E-state index in [1.54, 1.807) is 0 Å². The maximum absolute atomic E-state index is 2.21. The minimum Gasteiger partial charge on any atom is -1.00 e. The van der Waals surface area contributed by atoms with E-state index >= 15 is 0 Å². The zero-order valence-corrected chi connectivity index (χ0v) is 27.1. The van der Waals surface area contributed by atoms with Crippen LogP contribution in [0.5, 0.6) is 0 Å². The van der Waals surface area contributed by atoms with Crippen molar-refractivity contribution in [3.8, 4) is 44.5 Å². The summed E-state index contributed by atoms with van der Waals surface area (Å²) in [6.45, 7) is 4.42. The van der Waals surface area contributed by atoms with Crippen molar-refractivity contribution in [1.29, 1.82) is 0 Å². The van der Waals surface area contributed by atoms with E-state index in [0.717, 1.165) is 9.52 Å². The van der Waals surface area contributed by atoms with Gasteiger partial charge in [-0.15, -0.1) is 0 Å². The molecule has 40 heavy (non-hydrogen) atoms. The third-order valence-corrected chi connectivity index (χ3v) is 5.97. The summed E-state index contributed by atoms with van der Waals surface area (Å²) in [5.41, 5.74) is 10.3. The molecule has 0 aliphatic carbocycles. The van der Waals surface area contributed by atoms with Crippen LogP contribution in [0, 0.1) is 0 Å². The largest absolute Gasteiger partial charge is 4.00 e. The summed E-state index contributed by atoms with van der Waals surface area (Å²) in [4.78, 5) is 0. The molecule has 0 aliphatic heterocycles. The van der Waals surface area contributed by atoms with Gasteiger partial charge in [-0.25, -0.2) is 0 Å². The van der Waals surface area contributed by atoms with Crippen molar-refractivity contribution in [2.45, 2.75) is 13.1 Å². The van der Waals surface area contributed by atoms with Crippen LogP contribution in [0.3, 0.4) is 0 Å². The molecule has 0 atom stereocenters. The molecule has 199 valence electrons. The van der Waals surface area contributed by atoms with Crippen LogP contribution in [0.25, 0.3) is 44.5 Å². The van der Waals surface area contributed by atoms with Crippen molar-refractivity contribution in [1.82, 2.24) is 0 Å². The van der Waals surface area contributed by atoms with Crippen LogP contribution in [0.1, 0.15) is 0 Å². The second-order valence-corrected chi connectivity index (χ2v) is 9.90. The number of hydrogen-bond acceptors (Lipinski definition) is 0. The molecule has 0 saturated heterocycles. The first-order valence-corrected chi connectivity index (χ1v) is 15.1. The molecule has 4 heteroatoms. The zero-order valence-electron chi connectivity index (χ0n) is 22.8. The Hall–Kier alpha value is -2.91. The predicted octanol–water partition coefficient (Wildman–Crippen LogP) is 4.00. The second kappa shape index (κ2) is 19.2. The quantitative estimate of drug-likeness (QED) is 0.209. The smallest absolute Gasteiger partial charge is 1.00 e. The SMILES string of the molecule is C[SiH]C.[Cl-].[Cl-].[Ti+4].c1ccc(-c2c[cH-]cc2-c2ccccc2)cc1.c1ccc(-c2c[cH-]cc2-c2ccccc2)cc1. The first-order valence-electron chi connectivity index (χ1n) is 12.8. The first kappa shape index (κ1) is 35.1. The molecular weight excluding hydrogens is 579 g/mol. The Balaban J connectivity index is 0.000000341. The maximum atomic E-state index is 2.21. The maximum Gasteiger partial charge on any atom is 4.00 e. The molecule has 0 aromatic heterocycles. The van der Waals surface area contributed by atoms with Gasteiger partial charge in [-0.3, -0.25) is 0 Å². The number of hydrogen-bond donors (Lipinski definition) is 0. The van der Waals surface area contributed by atoms with Gasteiger partial charge in [0.25, 0.3) is 0 Å². The van der Waals surface area contributed by atoms with Gasteiger partial charge in [0.05, 0.1) is 0 Å². The summed E-state index contributed by atoms with van der Waals surface area (Å²) in [6, 6.07) is 55.0. The van der Waals surface area contributed by atoms with E-state index in [1.807, 2.05) is 0 Å². The number of benzene rings is 4. The van der Waals surface area contributed by atoms with E-state index in [4.69, 9.17) is 0 Å². The molecule has 0 spiro atoms. The van der Waals surface area contributed by atoms with Gasteiger partial charge in [-0.1, -0.05) is 157 Å². The van der Waals surface area contributed by atoms with E-state index in [-0.39, 0.29) is 46.5 Å². The molecule has 0 fully saturated rings. The second-order valence-electron chi connectivity index (χ2n) is 8.75. The molecule has 6 aromatic rings. The van der Waals surface area contributed by atoms with Crippen LogP contribution in [0.15, 0.2) is 158 Å². The van der Waals surface area contributed by atoms with E-state index in [9.17, 15) is 0 Å². The topological polar surface area (TPSA) is 0 Å². The summed E-state index contributed by atoms with van der Waals surface area (Å²) in [7, 11) is 0.750. The van der Waals surface area contributed by atoms with Crippen LogP contribution in [-0.2, 0) is 21.7 Å². The molecule has 0 unspecified atom stereocenters. The fourth-order valence-corrected chi connectivity index (χ4v) is 4.32. The van der Waals surface area contributed by atoms with Crippen LogP contribution in [0.4, 0.5) is 0 Å². The van der Waals surface area contributed by atoms with Crippen molar-refractivity contribution < 1.29 is 46.5 Å².